The van der Waals surface area contributed by atoms with Crippen LogP contribution in [0.25, 0.3) is 11.3 Å². The van der Waals surface area contributed by atoms with Gasteiger partial charge in [0.2, 0.25) is 0 Å². The van der Waals surface area contributed by atoms with Gasteiger partial charge in [-0.1, -0.05) is 6.07 Å². The zero-order chi connectivity index (χ0) is 21.5. The normalized spacial score (nSPS) is 14.9. The lowest BCUT2D eigenvalue weighted by atomic mass is 10.0. The molecule has 31 heavy (non-hydrogen) atoms. The van der Waals surface area contributed by atoms with Crippen molar-refractivity contribution in [3.05, 3.63) is 65.0 Å². The summed E-state index contributed by atoms with van der Waals surface area (Å²) in [6, 6.07) is 7.20. The van der Waals surface area contributed by atoms with Gasteiger partial charge in [0, 0.05) is 11.3 Å². The van der Waals surface area contributed by atoms with Gasteiger partial charge in [-0.05, 0) is 61.1 Å². The first-order valence-corrected chi connectivity index (χ1v) is 10.1. The molecule has 8 heteroatoms. The van der Waals surface area contributed by atoms with Crippen molar-refractivity contribution in [1.29, 1.82) is 0 Å². The standard InChI is InChI=1S/C23H20F2N4O2/c1-12-17(20-21-22(28-11-27-20)26-6-7-31-21)9-15(24)10-19(12)29-23(30)16-5-4-14(8-18(16)25)13-2-3-13/h4-5,8-11,13H,2-3,6-7H2,1H3,(H,29,30)(H,26,27,28). The van der Waals surface area contributed by atoms with Gasteiger partial charge in [0.15, 0.2) is 11.6 Å². The second-order valence-corrected chi connectivity index (χ2v) is 7.77. The van der Waals surface area contributed by atoms with Crippen molar-refractivity contribution in [3.8, 4) is 17.0 Å². The van der Waals surface area contributed by atoms with Gasteiger partial charge in [-0.3, -0.25) is 4.79 Å². The molecule has 2 aromatic carbocycles. The van der Waals surface area contributed by atoms with E-state index < -0.39 is 17.5 Å². The molecule has 1 aromatic heterocycles. The molecular formula is C23H20F2N4O2. The van der Waals surface area contributed by atoms with E-state index in [4.69, 9.17) is 4.74 Å². The monoisotopic (exact) mass is 422 g/mol. The predicted molar refractivity (Wildman–Crippen MR) is 112 cm³/mol. The molecule has 1 aliphatic heterocycles. The molecule has 5 rings (SSSR count). The Morgan fingerprint density at radius 3 is 2.81 bits per heavy atom. The summed E-state index contributed by atoms with van der Waals surface area (Å²) in [5.41, 5.74) is 2.52. The van der Waals surface area contributed by atoms with Crippen LogP contribution in [-0.2, 0) is 0 Å². The van der Waals surface area contributed by atoms with Crippen LogP contribution in [0.2, 0.25) is 0 Å². The largest absolute Gasteiger partial charge is 0.486 e. The van der Waals surface area contributed by atoms with Gasteiger partial charge in [0.1, 0.15) is 30.3 Å². The number of rotatable bonds is 4. The first-order valence-electron chi connectivity index (χ1n) is 10.1. The maximum atomic E-state index is 14.5. The average Bonchev–Trinajstić information content (AvgIpc) is 3.61. The quantitative estimate of drug-likeness (QED) is 0.639. The number of carbonyl (C=O) groups excluding carboxylic acids is 1. The third-order valence-electron chi connectivity index (χ3n) is 5.61. The summed E-state index contributed by atoms with van der Waals surface area (Å²) in [6.45, 7) is 2.78. The summed E-state index contributed by atoms with van der Waals surface area (Å²) >= 11 is 0. The molecule has 1 saturated carbocycles. The van der Waals surface area contributed by atoms with Gasteiger partial charge in [-0.2, -0.15) is 0 Å². The zero-order valence-corrected chi connectivity index (χ0v) is 16.8. The SMILES string of the molecule is Cc1c(NC(=O)c2ccc(C3CC3)cc2F)cc(F)cc1-c1ncnc2c1OCCN2. The van der Waals surface area contributed by atoms with Crippen molar-refractivity contribution >= 4 is 17.4 Å². The Morgan fingerprint density at radius 2 is 2.03 bits per heavy atom. The van der Waals surface area contributed by atoms with E-state index in [1.165, 1.54) is 30.6 Å². The molecule has 0 unspecified atom stereocenters. The topological polar surface area (TPSA) is 76.1 Å². The number of nitrogens with zero attached hydrogens (tertiary/aromatic N) is 2. The molecule has 1 fully saturated rings. The number of ether oxygens (including phenoxy) is 1. The van der Waals surface area contributed by atoms with Gasteiger partial charge in [-0.15, -0.1) is 0 Å². The lowest BCUT2D eigenvalue weighted by Crippen LogP contribution is -2.20. The average molecular weight is 422 g/mol. The highest BCUT2D eigenvalue weighted by molar-refractivity contribution is 6.05. The van der Waals surface area contributed by atoms with Crippen molar-refractivity contribution in [2.45, 2.75) is 25.7 Å². The summed E-state index contributed by atoms with van der Waals surface area (Å²) < 4.78 is 34.7. The van der Waals surface area contributed by atoms with Gasteiger partial charge in [0.05, 0.1) is 12.1 Å². The number of amides is 1. The number of anilines is 2. The lowest BCUT2D eigenvalue weighted by Gasteiger charge is -2.21. The third kappa shape index (κ3) is 3.69. The van der Waals surface area contributed by atoms with E-state index in [9.17, 15) is 13.6 Å². The maximum absolute atomic E-state index is 14.5. The Morgan fingerprint density at radius 1 is 1.19 bits per heavy atom. The maximum Gasteiger partial charge on any atom is 0.258 e. The number of benzene rings is 2. The Hall–Kier alpha value is -3.55. The second kappa shape index (κ2) is 7.61. The molecule has 2 heterocycles. The molecule has 2 N–H and O–H groups in total. The highest BCUT2D eigenvalue weighted by atomic mass is 19.1. The molecule has 1 aliphatic carbocycles. The third-order valence-corrected chi connectivity index (χ3v) is 5.61. The van der Waals surface area contributed by atoms with E-state index in [0.717, 1.165) is 18.4 Å². The fourth-order valence-corrected chi connectivity index (χ4v) is 3.78. The first-order chi connectivity index (χ1) is 15.0. The highest BCUT2D eigenvalue weighted by Crippen LogP contribution is 2.41. The molecule has 158 valence electrons. The van der Waals surface area contributed by atoms with Crippen LogP contribution in [0.1, 0.15) is 40.2 Å². The van der Waals surface area contributed by atoms with Crippen LogP contribution in [0, 0.1) is 18.6 Å². The van der Waals surface area contributed by atoms with Crippen molar-refractivity contribution in [2.24, 2.45) is 0 Å². The van der Waals surface area contributed by atoms with E-state index in [0.29, 0.717) is 47.5 Å². The predicted octanol–water partition coefficient (Wildman–Crippen LogP) is 4.66. The number of halogens is 2. The van der Waals surface area contributed by atoms with Crippen LogP contribution in [0.4, 0.5) is 20.3 Å². The molecule has 6 nitrogen and oxygen atoms in total. The van der Waals surface area contributed by atoms with Crippen LogP contribution in [0.3, 0.4) is 0 Å². The van der Waals surface area contributed by atoms with Crippen LogP contribution < -0.4 is 15.4 Å². The molecule has 0 atom stereocenters. The molecule has 1 amide bonds. The second-order valence-electron chi connectivity index (χ2n) is 7.77. The number of hydrogen-bond donors (Lipinski definition) is 2. The Labute approximate surface area is 177 Å². The number of hydrogen-bond acceptors (Lipinski definition) is 5. The van der Waals surface area contributed by atoms with Crippen molar-refractivity contribution < 1.29 is 18.3 Å². The van der Waals surface area contributed by atoms with Crippen LogP contribution in [0.15, 0.2) is 36.7 Å². The Balaban J connectivity index is 1.49. The summed E-state index contributed by atoms with van der Waals surface area (Å²) in [7, 11) is 0. The van der Waals surface area contributed by atoms with Crippen molar-refractivity contribution in [3.63, 3.8) is 0 Å². The minimum atomic E-state index is -0.637. The van der Waals surface area contributed by atoms with Crippen molar-refractivity contribution in [2.75, 3.05) is 23.8 Å². The van der Waals surface area contributed by atoms with Gasteiger partial charge in [0.25, 0.3) is 5.91 Å². The van der Waals surface area contributed by atoms with E-state index >= 15 is 0 Å². The summed E-state index contributed by atoms with van der Waals surface area (Å²) in [6.07, 6.45) is 3.46. The Kier molecular flexibility index (Phi) is 4.77. The molecule has 3 aromatic rings. The van der Waals surface area contributed by atoms with Gasteiger partial charge >= 0.3 is 0 Å². The smallest absolute Gasteiger partial charge is 0.258 e. The van der Waals surface area contributed by atoms with Crippen LogP contribution >= 0.6 is 0 Å². The summed E-state index contributed by atoms with van der Waals surface area (Å²) in [5.74, 6) is -0.431. The van der Waals surface area contributed by atoms with E-state index in [1.807, 2.05) is 0 Å². The molecular weight excluding hydrogens is 402 g/mol. The van der Waals surface area contributed by atoms with Crippen LogP contribution in [0.5, 0.6) is 5.75 Å². The molecule has 2 aliphatic rings. The molecule has 0 spiro atoms. The van der Waals surface area contributed by atoms with Crippen LogP contribution in [-0.4, -0.2) is 29.0 Å². The molecule has 0 radical (unpaired) electrons. The number of carbonyl (C=O) groups is 1. The zero-order valence-electron chi connectivity index (χ0n) is 16.8. The number of aromatic nitrogens is 2. The molecule has 0 saturated heterocycles. The first kappa shape index (κ1) is 19.4. The van der Waals surface area contributed by atoms with E-state index in [-0.39, 0.29) is 11.3 Å². The fraction of sp³-hybridized carbons (Fsp3) is 0.261. The minimum Gasteiger partial charge on any atom is -0.486 e. The fourth-order valence-electron chi connectivity index (χ4n) is 3.78. The minimum absolute atomic E-state index is 0.0819. The Bertz CT molecular complexity index is 1190. The van der Waals surface area contributed by atoms with Gasteiger partial charge in [-0.25, -0.2) is 18.7 Å². The number of fused-ring (bicyclic) bond motifs is 1. The van der Waals surface area contributed by atoms with E-state index in [1.54, 1.807) is 13.0 Å². The van der Waals surface area contributed by atoms with Crippen molar-refractivity contribution in [1.82, 2.24) is 9.97 Å². The molecule has 0 bridgehead atoms. The number of nitrogens with one attached hydrogen (secondary N) is 2. The highest BCUT2D eigenvalue weighted by Gasteiger charge is 2.26. The lowest BCUT2D eigenvalue weighted by molar-refractivity contribution is 0.102. The summed E-state index contributed by atoms with van der Waals surface area (Å²) in [5, 5.41) is 5.76. The van der Waals surface area contributed by atoms with E-state index in [2.05, 4.69) is 20.6 Å². The van der Waals surface area contributed by atoms with Gasteiger partial charge < -0.3 is 15.4 Å². The summed E-state index contributed by atoms with van der Waals surface area (Å²) in [4.78, 5) is 21.2.